The zero-order valence-corrected chi connectivity index (χ0v) is 13.5. The van der Waals surface area contributed by atoms with Gasteiger partial charge in [0.1, 0.15) is 11.3 Å². The average Bonchev–Trinajstić information content (AvgIpc) is 2.79. The Kier molecular flexibility index (Phi) is 4.07. The number of fused-ring (bicyclic) bond motifs is 1. The topological polar surface area (TPSA) is 30.7 Å². The molecule has 0 saturated carbocycles. The van der Waals surface area contributed by atoms with Crippen molar-refractivity contribution in [2.45, 2.75) is 13.3 Å². The highest BCUT2D eigenvalue weighted by Gasteiger charge is 2.16. The maximum Gasteiger partial charge on any atom is 0.164 e. The van der Waals surface area contributed by atoms with Gasteiger partial charge < -0.3 is 0 Å². The molecule has 3 nitrogen and oxygen atoms in total. The van der Waals surface area contributed by atoms with Crippen molar-refractivity contribution < 1.29 is 0 Å². The molecule has 108 valence electrons. The molecule has 3 rings (SSSR count). The smallest absolute Gasteiger partial charge is 0.164 e. The molecule has 0 aliphatic carbocycles. The van der Waals surface area contributed by atoms with E-state index < -0.39 is 0 Å². The van der Waals surface area contributed by atoms with Crippen molar-refractivity contribution in [3.8, 4) is 5.69 Å². The molecule has 3 aromatic rings. The normalized spacial score (nSPS) is 11.2. The van der Waals surface area contributed by atoms with Gasteiger partial charge >= 0.3 is 0 Å². The van der Waals surface area contributed by atoms with E-state index in [1.165, 1.54) is 0 Å². The number of alkyl halides is 1. The fourth-order valence-electron chi connectivity index (χ4n) is 2.29. The zero-order valence-electron chi connectivity index (χ0n) is 11.3. The minimum absolute atomic E-state index is 0.473. The molecule has 2 aromatic heterocycles. The van der Waals surface area contributed by atoms with Crippen LogP contribution in [0.4, 0.5) is 0 Å². The first-order valence-corrected chi connectivity index (χ1v) is 7.74. The average molecular weight is 341 g/mol. The second kappa shape index (κ2) is 5.84. The van der Waals surface area contributed by atoms with Crippen LogP contribution in [0.2, 0.25) is 10.0 Å². The van der Waals surface area contributed by atoms with E-state index in [9.17, 15) is 0 Å². The summed E-state index contributed by atoms with van der Waals surface area (Å²) in [6.45, 7) is 2.02. The summed E-state index contributed by atoms with van der Waals surface area (Å²) in [7, 11) is 0. The van der Waals surface area contributed by atoms with Gasteiger partial charge in [0, 0.05) is 18.5 Å². The summed E-state index contributed by atoms with van der Waals surface area (Å²) >= 11 is 18.2. The standard InChI is InChI=1S/C15H12Cl3N3/c1-9-2-3-11(18)13(6-9)21-14(4-5-16)20-12-7-10(17)8-19-15(12)21/h2-3,6-8H,4-5H2,1H3. The molecule has 0 amide bonds. The maximum atomic E-state index is 6.36. The van der Waals surface area contributed by atoms with Gasteiger partial charge in [0.25, 0.3) is 0 Å². The SMILES string of the molecule is Cc1ccc(Cl)c(-n2c(CCCl)nc3cc(Cl)cnc32)c1. The lowest BCUT2D eigenvalue weighted by molar-refractivity contribution is 0.904. The summed E-state index contributed by atoms with van der Waals surface area (Å²) in [5.74, 6) is 1.29. The largest absolute Gasteiger partial charge is 0.279 e. The molecule has 0 N–H and O–H groups in total. The van der Waals surface area contributed by atoms with Crippen molar-refractivity contribution >= 4 is 46.0 Å². The molecule has 0 aliphatic rings. The molecule has 0 unspecified atom stereocenters. The first-order chi connectivity index (χ1) is 10.1. The van der Waals surface area contributed by atoms with Gasteiger partial charge in [-0.25, -0.2) is 9.97 Å². The fraction of sp³-hybridized carbons (Fsp3) is 0.200. The number of aryl methyl sites for hydroxylation is 2. The molecule has 0 aliphatic heterocycles. The summed E-state index contributed by atoms with van der Waals surface area (Å²) in [5.41, 5.74) is 3.43. The van der Waals surface area contributed by atoms with Gasteiger partial charge in [0.15, 0.2) is 5.65 Å². The summed E-state index contributed by atoms with van der Waals surface area (Å²) in [5, 5.41) is 1.20. The molecule has 0 radical (unpaired) electrons. The van der Waals surface area contributed by atoms with E-state index in [-0.39, 0.29) is 0 Å². The maximum absolute atomic E-state index is 6.36. The number of rotatable bonds is 3. The van der Waals surface area contributed by atoms with E-state index >= 15 is 0 Å². The van der Waals surface area contributed by atoms with Crippen molar-refractivity contribution in [2.24, 2.45) is 0 Å². The highest BCUT2D eigenvalue weighted by molar-refractivity contribution is 6.32. The van der Waals surface area contributed by atoms with Crippen molar-refractivity contribution in [3.05, 3.63) is 51.9 Å². The van der Waals surface area contributed by atoms with E-state index in [4.69, 9.17) is 34.8 Å². The van der Waals surface area contributed by atoms with Gasteiger partial charge in [0.2, 0.25) is 0 Å². The molecular weight excluding hydrogens is 329 g/mol. The molecule has 0 atom stereocenters. The Morgan fingerprint density at radius 3 is 2.76 bits per heavy atom. The number of aromatic nitrogens is 3. The summed E-state index contributed by atoms with van der Waals surface area (Å²) in [4.78, 5) is 8.98. The Balaban J connectivity index is 2.33. The van der Waals surface area contributed by atoms with Crippen LogP contribution in [0.3, 0.4) is 0 Å². The van der Waals surface area contributed by atoms with Gasteiger partial charge in [-0.2, -0.15) is 0 Å². The van der Waals surface area contributed by atoms with E-state index in [1.54, 1.807) is 12.3 Å². The van der Waals surface area contributed by atoms with Crippen LogP contribution in [-0.4, -0.2) is 20.4 Å². The summed E-state index contributed by atoms with van der Waals surface area (Å²) < 4.78 is 1.95. The molecule has 0 bridgehead atoms. The summed E-state index contributed by atoms with van der Waals surface area (Å²) in [6, 6.07) is 7.65. The van der Waals surface area contributed by atoms with E-state index in [2.05, 4.69) is 9.97 Å². The minimum Gasteiger partial charge on any atom is -0.279 e. The number of pyridine rings is 1. The third kappa shape index (κ3) is 2.73. The number of hydrogen-bond donors (Lipinski definition) is 0. The molecule has 0 fully saturated rings. The van der Waals surface area contributed by atoms with Crippen LogP contribution in [0, 0.1) is 6.92 Å². The molecule has 0 saturated heterocycles. The van der Waals surface area contributed by atoms with Crippen molar-refractivity contribution in [1.82, 2.24) is 14.5 Å². The van der Waals surface area contributed by atoms with Crippen molar-refractivity contribution in [2.75, 3.05) is 5.88 Å². The zero-order chi connectivity index (χ0) is 15.0. The number of halogens is 3. The van der Waals surface area contributed by atoms with E-state index in [1.807, 2.05) is 29.7 Å². The lowest BCUT2D eigenvalue weighted by Crippen LogP contribution is -2.04. The predicted molar refractivity (Wildman–Crippen MR) is 88.0 cm³/mol. The molecule has 2 heterocycles. The van der Waals surface area contributed by atoms with Crippen LogP contribution in [-0.2, 0) is 6.42 Å². The number of hydrogen-bond acceptors (Lipinski definition) is 2. The van der Waals surface area contributed by atoms with Crippen LogP contribution in [0.5, 0.6) is 0 Å². The number of imidazole rings is 1. The second-order valence-corrected chi connectivity index (χ2v) is 5.98. The Labute approximate surface area is 137 Å². The van der Waals surface area contributed by atoms with Crippen LogP contribution in [0.25, 0.3) is 16.9 Å². The van der Waals surface area contributed by atoms with E-state index in [0.29, 0.717) is 22.3 Å². The number of nitrogens with zero attached hydrogens (tertiary/aromatic N) is 3. The highest BCUT2D eigenvalue weighted by Crippen LogP contribution is 2.28. The first-order valence-electron chi connectivity index (χ1n) is 6.45. The summed E-state index contributed by atoms with van der Waals surface area (Å²) in [6.07, 6.45) is 2.23. The highest BCUT2D eigenvalue weighted by atomic mass is 35.5. The third-order valence-corrected chi connectivity index (χ3v) is 3.91. The Hall–Kier alpha value is -1.29. The van der Waals surface area contributed by atoms with Crippen molar-refractivity contribution in [1.29, 1.82) is 0 Å². The molecule has 1 aromatic carbocycles. The van der Waals surface area contributed by atoms with Crippen LogP contribution in [0.15, 0.2) is 30.5 Å². The first kappa shape index (κ1) is 14.6. The monoisotopic (exact) mass is 339 g/mol. The quantitative estimate of drug-likeness (QED) is 0.640. The Morgan fingerprint density at radius 1 is 1.19 bits per heavy atom. The Bertz CT molecular complexity index is 811. The molecule has 21 heavy (non-hydrogen) atoms. The van der Waals surface area contributed by atoms with Gasteiger partial charge in [-0.1, -0.05) is 29.3 Å². The number of benzene rings is 1. The fourth-order valence-corrected chi connectivity index (χ4v) is 2.81. The lowest BCUT2D eigenvalue weighted by Gasteiger charge is -2.11. The second-order valence-electron chi connectivity index (χ2n) is 4.75. The third-order valence-electron chi connectivity index (χ3n) is 3.19. The van der Waals surface area contributed by atoms with Gasteiger partial charge in [0.05, 0.1) is 15.7 Å². The minimum atomic E-state index is 0.473. The van der Waals surface area contributed by atoms with Gasteiger partial charge in [-0.15, -0.1) is 11.6 Å². The lowest BCUT2D eigenvalue weighted by atomic mass is 10.2. The van der Waals surface area contributed by atoms with Gasteiger partial charge in [-0.05, 0) is 30.7 Å². The van der Waals surface area contributed by atoms with Crippen molar-refractivity contribution in [3.63, 3.8) is 0 Å². The van der Waals surface area contributed by atoms with Crippen LogP contribution >= 0.6 is 34.8 Å². The molecular formula is C15H12Cl3N3. The van der Waals surface area contributed by atoms with E-state index in [0.717, 1.165) is 28.2 Å². The Morgan fingerprint density at radius 2 is 2.00 bits per heavy atom. The van der Waals surface area contributed by atoms with Crippen LogP contribution < -0.4 is 0 Å². The van der Waals surface area contributed by atoms with Crippen LogP contribution in [0.1, 0.15) is 11.4 Å². The molecule has 6 heteroatoms. The predicted octanol–water partition coefficient (Wildman–Crippen LogP) is 4.82. The van der Waals surface area contributed by atoms with Gasteiger partial charge in [-0.3, -0.25) is 4.57 Å². The molecule has 0 spiro atoms.